The highest BCUT2D eigenvalue weighted by Gasteiger charge is 2.41. The summed E-state index contributed by atoms with van der Waals surface area (Å²) in [6, 6.07) is 11.0. The lowest BCUT2D eigenvalue weighted by Crippen LogP contribution is -2.63. The molecule has 0 aliphatic carbocycles. The molecule has 0 radical (unpaired) electrons. The van der Waals surface area contributed by atoms with Gasteiger partial charge in [0.15, 0.2) is 0 Å². The molecule has 0 aliphatic rings. The van der Waals surface area contributed by atoms with Crippen molar-refractivity contribution in [2.75, 3.05) is 18.6 Å². The van der Waals surface area contributed by atoms with Crippen LogP contribution >= 0.6 is 11.8 Å². The number of nitrogens with two attached hydrogens (primary N) is 2. The van der Waals surface area contributed by atoms with Gasteiger partial charge in [0.25, 0.3) is 0 Å². The van der Waals surface area contributed by atoms with Crippen LogP contribution in [0.25, 0.3) is 0 Å². The van der Waals surface area contributed by atoms with Crippen molar-refractivity contribution in [2.45, 2.75) is 56.8 Å². The van der Waals surface area contributed by atoms with Crippen LogP contribution in [0, 0.1) is 0 Å². The van der Waals surface area contributed by atoms with Crippen molar-refractivity contribution in [3.05, 3.63) is 65.7 Å². The van der Waals surface area contributed by atoms with Crippen LogP contribution in [0.1, 0.15) is 31.4 Å². The molecule has 0 saturated heterocycles. The van der Waals surface area contributed by atoms with Gasteiger partial charge in [-0.15, -0.1) is 0 Å². The second kappa shape index (κ2) is 15.9. The Kier molecular flexibility index (Phi) is 13.0. The van der Waals surface area contributed by atoms with E-state index in [4.69, 9.17) is 11.5 Å². The molecule has 0 spiro atoms. The van der Waals surface area contributed by atoms with Crippen molar-refractivity contribution in [2.24, 2.45) is 11.5 Å². The molecule has 0 unspecified atom stereocenters. The summed E-state index contributed by atoms with van der Waals surface area (Å²) in [6.07, 6.45) is 1.92. The summed E-state index contributed by atoms with van der Waals surface area (Å²) in [6.45, 7) is 2.08. The number of imide groups is 1. The average Bonchev–Trinajstić information content (AvgIpc) is 2.94. The van der Waals surface area contributed by atoms with Crippen LogP contribution in [0.15, 0.2) is 54.6 Å². The summed E-state index contributed by atoms with van der Waals surface area (Å²) in [5.74, 6) is -4.08. The number of nitrogens with one attached hydrogen (secondary N) is 2. The van der Waals surface area contributed by atoms with Gasteiger partial charge in [0.1, 0.15) is 17.8 Å². The van der Waals surface area contributed by atoms with E-state index in [1.165, 1.54) is 37.7 Å². The van der Waals surface area contributed by atoms with E-state index in [0.717, 1.165) is 0 Å². The van der Waals surface area contributed by atoms with Crippen LogP contribution in [-0.2, 0) is 36.8 Å². The number of carboxylic acids is 1. The van der Waals surface area contributed by atoms with E-state index >= 15 is 0 Å². The van der Waals surface area contributed by atoms with Gasteiger partial charge in [0.05, 0.1) is 18.1 Å². The van der Waals surface area contributed by atoms with Crippen LogP contribution < -0.4 is 22.1 Å². The molecular weight excluding hydrogens is 562 g/mol. The lowest BCUT2D eigenvalue weighted by atomic mass is 9.98. The maximum absolute atomic E-state index is 13.6. The predicted molar refractivity (Wildman–Crippen MR) is 159 cm³/mol. The third-order valence-corrected chi connectivity index (χ3v) is 6.94. The number of phenolic OH excluding ortho intramolecular Hbond substituents is 1. The van der Waals surface area contributed by atoms with Crippen LogP contribution in [-0.4, -0.2) is 86.9 Å². The molecule has 0 aromatic heterocycles. The summed E-state index contributed by atoms with van der Waals surface area (Å²) in [5, 5.41) is 24.0. The van der Waals surface area contributed by atoms with Gasteiger partial charge >= 0.3 is 5.97 Å². The SMILES string of the molecule is CSCC[C@H](NC(=O)[C@H](Cc1ccccc1)N(C(=O)CNC(=O)[C@@H](N)Cc1ccc(O)cc1)C(=O)C(C)(C)N)C(=O)O. The second-order valence-electron chi connectivity index (χ2n) is 10.4. The number of phenols is 1. The fourth-order valence-electron chi connectivity index (χ4n) is 4.00. The van der Waals surface area contributed by atoms with E-state index in [0.29, 0.717) is 21.8 Å². The molecule has 0 saturated carbocycles. The summed E-state index contributed by atoms with van der Waals surface area (Å²) >= 11 is 1.41. The minimum atomic E-state index is -1.59. The van der Waals surface area contributed by atoms with Crippen molar-refractivity contribution < 1.29 is 34.2 Å². The maximum Gasteiger partial charge on any atom is 0.326 e. The molecule has 0 heterocycles. The van der Waals surface area contributed by atoms with E-state index < -0.39 is 59.8 Å². The summed E-state index contributed by atoms with van der Waals surface area (Å²) < 4.78 is 0. The largest absolute Gasteiger partial charge is 0.508 e. The van der Waals surface area contributed by atoms with Crippen LogP contribution in [0.5, 0.6) is 5.75 Å². The molecule has 228 valence electrons. The van der Waals surface area contributed by atoms with E-state index in [-0.39, 0.29) is 25.0 Å². The smallest absolute Gasteiger partial charge is 0.326 e. The van der Waals surface area contributed by atoms with Crippen molar-refractivity contribution in [1.82, 2.24) is 15.5 Å². The quantitative estimate of drug-likeness (QED) is 0.166. The van der Waals surface area contributed by atoms with Crippen molar-refractivity contribution in [1.29, 1.82) is 0 Å². The summed E-state index contributed by atoms with van der Waals surface area (Å²) in [7, 11) is 0. The first-order valence-electron chi connectivity index (χ1n) is 13.3. The van der Waals surface area contributed by atoms with E-state index in [2.05, 4.69) is 10.6 Å². The Morgan fingerprint density at radius 2 is 1.55 bits per heavy atom. The first kappa shape index (κ1) is 34.3. The molecule has 2 aromatic carbocycles. The van der Waals surface area contributed by atoms with Crippen molar-refractivity contribution in [3.63, 3.8) is 0 Å². The Morgan fingerprint density at radius 3 is 2.10 bits per heavy atom. The minimum absolute atomic E-state index is 0.0583. The molecular formula is C29H39N5O7S. The third-order valence-electron chi connectivity index (χ3n) is 6.29. The van der Waals surface area contributed by atoms with Crippen molar-refractivity contribution >= 4 is 41.4 Å². The summed E-state index contributed by atoms with van der Waals surface area (Å²) in [5.41, 5.74) is 11.8. The molecule has 3 atom stereocenters. The number of aromatic hydroxyl groups is 1. The Morgan fingerprint density at radius 1 is 0.952 bits per heavy atom. The highest BCUT2D eigenvalue weighted by Crippen LogP contribution is 2.16. The topological polar surface area (TPSA) is 205 Å². The molecule has 8 N–H and O–H groups in total. The highest BCUT2D eigenvalue weighted by atomic mass is 32.2. The zero-order chi connectivity index (χ0) is 31.4. The van der Waals surface area contributed by atoms with Gasteiger partial charge in [-0.2, -0.15) is 11.8 Å². The van der Waals surface area contributed by atoms with Gasteiger partial charge in [-0.05, 0) is 62.0 Å². The monoisotopic (exact) mass is 601 g/mol. The Bertz CT molecular complexity index is 1240. The molecule has 0 fully saturated rings. The predicted octanol–water partition coefficient (Wildman–Crippen LogP) is 0.405. The Hall–Kier alpha value is -3.94. The molecule has 13 heteroatoms. The maximum atomic E-state index is 13.6. The molecule has 42 heavy (non-hydrogen) atoms. The van der Waals surface area contributed by atoms with Gasteiger partial charge in [-0.3, -0.25) is 24.1 Å². The number of aliphatic carboxylic acids is 1. The molecule has 0 bridgehead atoms. The number of carboxylic acid groups (broad SMARTS) is 1. The number of carbonyl (C=O) groups is 5. The van der Waals surface area contributed by atoms with E-state index in [1.54, 1.807) is 48.7 Å². The average molecular weight is 602 g/mol. The van der Waals surface area contributed by atoms with E-state index in [1.807, 2.05) is 0 Å². The van der Waals surface area contributed by atoms with Crippen LogP contribution in [0.4, 0.5) is 0 Å². The first-order valence-corrected chi connectivity index (χ1v) is 14.7. The number of benzene rings is 2. The molecule has 4 amide bonds. The summed E-state index contributed by atoms with van der Waals surface area (Å²) in [4.78, 5) is 65.9. The zero-order valence-electron chi connectivity index (χ0n) is 23.9. The number of amides is 4. The van der Waals surface area contributed by atoms with Crippen LogP contribution in [0.3, 0.4) is 0 Å². The Balaban J connectivity index is 2.34. The fraction of sp³-hybridized carbons (Fsp3) is 0.414. The fourth-order valence-corrected chi connectivity index (χ4v) is 4.47. The zero-order valence-corrected chi connectivity index (χ0v) is 24.7. The van der Waals surface area contributed by atoms with Gasteiger partial charge in [0, 0.05) is 6.42 Å². The Labute approximate surface area is 249 Å². The number of nitrogens with zero attached hydrogens (tertiary/aromatic N) is 1. The van der Waals surface area contributed by atoms with Gasteiger partial charge < -0.3 is 32.3 Å². The minimum Gasteiger partial charge on any atom is -0.508 e. The molecule has 2 aromatic rings. The molecule has 2 rings (SSSR count). The second-order valence-corrected chi connectivity index (χ2v) is 11.4. The first-order chi connectivity index (χ1) is 19.7. The lowest BCUT2D eigenvalue weighted by Gasteiger charge is -2.34. The number of carbonyl (C=O) groups excluding carboxylic acids is 4. The number of rotatable bonds is 15. The standard InChI is InChI=1S/C29H39N5O7S/c1-29(2,31)28(41)34(24(36)17-32-25(37)21(30)15-19-9-11-20(35)12-10-19)23(16-18-7-5-4-6-8-18)26(38)33-22(27(39)40)13-14-42-3/h4-12,21-23,35H,13-17,30-31H2,1-3H3,(H,32,37)(H,33,38)(H,39,40)/t21-,22-,23-/m0/s1. The molecule has 12 nitrogen and oxygen atoms in total. The van der Waals surface area contributed by atoms with Crippen molar-refractivity contribution in [3.8, 4) is 5.75 Å². The van der Waals surface area contributed by atoms with Gasteiger partial charge in [0.2, 0.25) is 23.6 Å². The van der Waals surface area contributed by atoms with Gasteiger partial charge in [-0.1, -0.05) is 42.5 Å². The number of hydrogen-bond donors (Lipinski definition) is 6. The lowest BCUT2D eigenvalue weighted by molar-refractivity contribution is -0.155. The third kappa shape index (κ3) is 10.5. The number of thioether (sulfide) groups is 1. The molecule has 0 aliphatic heterocycles. The van der Waals surface area contributed by atoms with Crippen LogP contribution in [0.2, 0.25) is 0 Å². The highest BCUT2D eigenvalue weighted by molar-refractivity contribution is 7.98. The normalized spacial score (nSPS) is 13.4. The number of hydrogen-bond acceptors (Lipinski definition) is 9. The van der Waals surface area contributed by atoms with Gasteiger partial charge in [-0.25, -0.2) is 4.79 Å². The van der Waals surface area contributed by atoms with E-state index in [9.17, 15) is 34.2 Å².